The lowest BCUT2D eigenvalue weighted by atomic mass is 10.3. The Labute approximate surface area is 167 Å². The molecule has 3 rings (SSSR count). The minimum atomic E-state index is -4.80. The third-order valence-corrected chi connectivity index (χ3v) is 4.57. The monoisotopic (exact) mass is 427 g/mol. The Morgan fingerprint density at radius 2 is 1.93 bits per heavy atom. The summed E-state index contributed by atoms with van der Waals surface area (Å²) in [6, 6.07) is 12.4. The summed E-state index contributed by atoms with van der Waals surface area (Å²) in [6.45, 7) is 0. The molecule has 0 aliphatic rings. The van der Waals surface area contributed by atoms with E-state index in [4.69, 9.17) is 16.3 Å². The van der Waals surface area contributed by atoms with Crippen LogP contribution < -0.4 is 10.1 Å². The number of thioether (sulfide) groups is 1. The number of amides is 1. The first-order valence-electron chi connectivity index (χ1n) is 7.82. The summed E-state index contributed by atoms with van der Waals surface area (Å²) >= 11 is 7.23. The summed E-state index contributed by atoms with van der Waals surface area (Å²) in [5.41, 5.74) is -0.682. The minimum absolute atomic E-state index is 0.125. The van der Waals surface area contributed by atoms with Gasteiger partial charge in [0.05, 0.1) is 11.9 Å². The van der Waals surface area contributed by atoms with E-state index in [2.05, 4.69) is 10.4 Å². The average Bonchev–Trinajstić information content (AvgIpc) is 3.06. The van der Waals surface area contributed by atoms with Crippen molar-refractivity contribution in [2.45, 2.75) is 11.1 Å². The van der Waals surface area contributed by atoms with Gasteiger partial charge in [0, 0.05) is 15.6 Å². The predicted molar refractivity (Wildman–Crippen MR) is 101 cm³/mol. The first-order chi connectivity index (χ1) is 13.3. The van der Waals surface area contributed by atoms with Gasteiger partial charge in [-0.1, -0.05) is 17.7 Å². The van der Waals surface area contributed by atoms with Crippen molar-refractivity contribution in [2.75, 3.05) is 11.6 Å². The fourth-order valence-electron chi connectivity index (χ4n) is 2.39. The van der Waals surface area contributed by atoms with Crippen molar-refractivity contribution in [1.29, 1.82) is 0 Å². The second-order valence-electron chi connectivity index (χ2n) is 5.49. The molecule has 146 valence electrons. The molecule has 1 heterocycles. The molecule has 0 radical (unpaired) electrons. The van der Waals surface area contributed by atoms with Gasteiger partial charge < -0.3 is 4.74 Å². The van der Waals surface area contributed by atoms with Crippen molar-refractivity contribution >= 4 is 35.1 Å². The van der Waals surface area contributed by atoms with Gasteiger partial charge >= 0.3 is 12.3 Å². The van der Waals surface area contributed by atoms with E-state index < -0.39 is 23.7 Å². The summed E-state index contributed by atoms with van der Waals surface area (Å²) in [4.78, 5) is 13.0. The summed E-state index contributed by atoms with van der Waals surface area (Å²) in [5, 5.41) is 6.49. The van der Waals surface area contributed by atoms with Gasteiger partial charge in [0.15, 0.2) is 11.4 Å². The third kappa shape index (κ3) is 4.60. The molecule has 0 aliphatic carbocycles. The first-order valence-corrected chi connectivity index (χ1v) is 9.42. The van der Waals surface area contributed by atoms with E-state index in [0.717, 1.165) is 11.1 Å². The second kappa shape index (κ2) is 8.15. The van der Waals surface area contributed by atoms with Crippen LogP contribution in [0, 0.1) is 0 Å². The number of carbonyl (C=O) groups excluding carboxylic acids is 1. The molecule has 0 bridgehead atoms. The lowest BCUT2D eigenvalue weighted by molar-refractivity contribution is -0.143. The molecular weight excluding hydrogens is 415 g/mol. The molecule has 2 aromatic carbocycles. The van der Waals surface area contributed by atoms with Crippen LogP contribution in [0.1, 0.15) is 5.69 Å². The molecule has 3 aromatic rings. The highest BCUT2D eigenvalue weighted by atomic mass is 35.5. The molecule has 0 saturated heterocycles. The molecular formula is C18H13ClF3N3O2S. The van der Waals surface area contributed by atoms with E-state index in [9.17, 15) is 18.0 Å². The van der Waals surface area contributed by atoms with Crippen molar-refractivity contribution < 1.29 is 22.7 Å². The summed E-state index contributed by atoms with van der Waals surface area (Å²) in [7, 11) is 0. The molecule has 1 N–H and O–H groups in total. The highest BCUT2D eigenvalue weighted by molar-refractivity contribution is 7.98. The van der Waals surface area contributed by atoms with Gasteiger partial charge in [-0.3, -0.25) is 5.32 Å². The number of alkyl halides is 3. The Morgan fingerprint density at radius 3 is 2.57 bits per heavy atom. The zero-order valence-corrected chi connectivity index (χ0v) is 15.9. The quantitative estimate of drug-likeness (QED) is 0.528. The summed E-state index contributed by atoms with van der Waals surface area (Å²) in [6.07, 6.45) is -3.16. The van der Waals surface area contributed by atoms with Gasteiger partial charge in [0.2, 0.25) is 0 Å². The number of benzene rings is 2. The molecule has 1 amide bonds. The largest absolute Gasteiger partial charge is 0.437 e. The van der Waals surface area contributed by atoms with Crippen LogP contribution in [0.3, 0.4) is 0 Å². The highest BCUT2D eigenvalue weighted by Crippen LogP contribution is 2.38. The van der Waals surface area contributed by atoms with E-state index in [0.29, 0.717) is 15.4 Å². The number of hydrogen-bond donors (Lipinski definition) is 1. The number of nitrogens with one attached hydrogen (secondary N) is 1. The van der Waals surface area contributed by atoms with Gasteiger partial charge in [-0.05, 0) is 48.7 Å². The maximum Gasteiger partial charge on any atom is 0.437 e. The van der Waals surface area contributed by atoms with Gasteiger partial charge in [0.25, 0.3) is 0 Å². The molecule has 28 heavy (non-hydrogen) atoms. The van der Waals surface area contributed by atoms with Crippen LogP contribution in [-0.2, 0) is 6.18 Å². The van der Waals surface area contributed by atoms with Crippen molar-refractivity contribution in [2.24, 2.45) is 0 Å². The number of carbonyl (C=O) groups is 1. The highest BCUT2D eigenvalue weighted by Gasteiger charge is 2.40. The Balaban J connectivity index is 1.87. The predicted octanol–water partition coefficient (Wildman–Crippen LogP) is 5.88. The van der Waals surface area contributed by atoms with E-state index >= 15 is 0 Å². The van der Waals surface area contributed by atoms with Gasteiger partial charge in [-0.25, -0.2) is 9.48 Å². The lowest BCUT2D eigenvalue weighted by Gasteiger charge is -2.13. The summed E-state index contributed by atoms with van der Waals surface area (Å²) in [5.74, 6) is -0.707. The lowest BCUT2D eigenvalue weighted by Crippen LogP contribution is -2.20. The van der Waals surface area contributed by atoms with Crippen LogP contribution in [0.25, 0.3) is 5.69 Å². The molecule has 0 fully saturated rings. The zero-order chi connectivity index (χ0) is 20.3. The van der Waals surface area contributed by atoms with Gasteiger partial charge in [0.1, 0.15) is 0 Å². The number of halogens is 4. The molecule has 10 heteroatoms. The van der Waals surface area contributed by atoms with Crippen molar-refractivity contribution in [1.82, 2.24) is 9.78 Å². The SMILES string of the molecule is CSc1cccc(NC(=O)Oc2cnn(-c3ccc(Cl)cc3)c2C(F)(F)F)c1. The normalized spacial score (nSPS) is 11.3. The standard InChI is InChI=1S/C18H13ClF3N3O2S/c1-28-14-4-2-3-12(9-14)24-17(26)27-15-10-23-25(16(15)18(20,21)22)13-7-5-11(19)6-8-13/h2-10H,1H3,(H,24,26). The molecule has 5 nitrogen and oxygen atoms in total. The molecule has 0 unspecified atom stereocenters. The van der Waals surface area contributed by atoms with Gasteiger partial charge in [-0.2, -0.15) is 18.3 Å². The number of nitrogens with zero attached hydrogens (tertiary/aromatic N) is 2. The maximum atomic E-state index is 13.6. The average molecular weight is 428 g/mol. The number of aromatic nitrogens is 2. The van der Waals surface area contributed by atoms with Crippen LogP contribution in [0.4, 0.5) is 23.7 Å². The third-order valence-electron chi connectivity index (χ3n) is 3.59. The Kier molecular flexibility index (Phi) is 5.85. The smallest absolute Gasteiger partial charge is 0.406 e. The van der Waals surface area contributed by atoms with Crippen LogP contribution in [0.5, 0.6) is 5.75 Å². The Bertz CT molecular complexity index is 990. The molecule has 0 spiro atoms. The number of hydrogen-bond acceptors (Lipinski definition) is 4. The fourth-order valence-corrected chi connectivity index (χ4v) is 2.98. The fraction of sp³-hybridized carbons (Fsp3) is 0.111. The maximum absolute atomic E-state index is 13.6. The molecule has 1 aromatic heterocycles. The van der Waals surface area contributed by atoms with Crippen LogP contribution in [0.2, 0.25) is 5.02 Å². The summed E-state index contributed by atoms with van der Waals surface area (Å²) < 4.78 is 46.3. The minimum Gasteiger partial charge on any atom is -0.406 e. The second-order valence-corrected chi connectivity index (χ2v) is 6.81. The Morgan fingerprint density at radius 1 is 1.21 bits per heavy atom. The van der Waals surface area contributed by atoms with E-state index in [-0.39, 0.29) is 5.69 Å². The number of ether oxygens (including phenoxy) is 1. The van der Waals surface area contributed by atoms with Gasteiger partial charge in [-0.15, -0.1) is 11.8 Å². The van der Waals surface area contributed by atoms with E-state index in [1.807, 2.05) is 12.3 Å². The molecule has 0 saturated carbocycles. The number of anilines is 1. The van der Waals surface area contributed by atoms with E-state index in [1.54, 1.807) is 18.2 Å². The van der Waals surface area contributed by atoms with Crippen molar-refractivity contribution in [3.05, 3.63) is 65.4 Å². The van der Waals surface area contributed by atoms with Crippen LogP contribution >= 0.6 is 23.4 Å². The van der Waals surface area contributed by atoms with E-state index in [1.165, 1.54) is 36.0 Å². The topological polar surface area (TPSA) is 56.1 Å². The zero-order valence-electron chi connectivity index (χ0n) is 14.3. The number of rotatable bonds is 4. The molecule has 0 aliphatic heterocycles. The Hall–Kier alpha value is -2.65. The first kappa shape index (κ1) is 20.1. The van der Waals surface area contributed by atoms with Crippen molar-refractivity contribution in [3.63, 3.8) is 0 Å². The molecule has 0 atom stereocenters. The van der Waals surface area contributed by atoms with Crippen LogP contribution in [0.15, 0.2) is 59.6 Å². The van der Waals surface area contributed by atoms with Crippen molar-refractivity contribution in [3.8, 4) is 11.4 Å². The van der Waals surface area contributed by atoms with Crippen LogP contribution in [-0.4, -0.2) is 22.1 Å².